The number of aldehydes is 2. The Morgan fingerprint density at radius 1 is 1.00 bits per heavy atom. The Balaban J connectivity index is 2.59. The maximum Gasteiger partial charge on any atom is 0.150 e. The number of carbonyl (C=O) groups excluding carboxylic acids is 2. The fourth-order valence-corrected chi connectivity index (χ4v) is 2.24. The largest absolute Gasteiger partial charge is 0.298 e. The van der Waals surface area contributed by atoms with E-state index in [1.807, 2.05) is 32.0 Å². The summed E-state index contributed by atoms with van der Waals surface area (Å²) in [5.74, 6) is 0. The van der Waals surface area contributed by atoms with E-state index in [4.69, 9.17) is 2.74 Å². The van der Waals surface area contributed by atoms with Crippen LogP contribution in [0.15, 0.2) is 48.5 Å². The minimum atomic E-state index is -0.738. The number of benzene rings is 2. The first-order chi connectivity index (χ1) is 9.84. The maximum absolute atomic E-state index is 11.5. The molecule has 0 bridgehead atoms. The highest BCUT2D eigenvalue weighted by Crippen LogP contribution is 2.33. The van der Waals surface area contributed by atoms with Crippen molar-refractivity contribution in [3.63, 3.8) is 0 Å². The molecule has 0 saturated carbocycles. The number of rotatable bonds is 4. The van der Waals surface area contributed by atoms with Crippen LogP contribution < -0.4 is 0 Å². The molecule has 0 aromatic heterocycles. The van der Waals surface area contributed by atoms with Gasteiger partial charge in [0, 0.05) is 16.5 Å². The van der Waals surface area contributed by atoms with Gasteiger partial charge in [-0.3, -0.25) is 9.59 Å². The van der Waals surface area contributed by atoms with Gasteiger partial charge >= 0.3 is 0 Å². The summed E-state index contributed by atoms with van der Waals surface area (Å²) >= 11 is 0. The van der Waals surface area contributed by atoms with E-state index in [-0.39, 0.29) is 0 Å². The Morgan fingerprint density at radius 3 is 2.42 bits per heavy atom. The molecule has 2 aromatic carbocycles. The van der Waals surface area contributed by atoms with Gasteiger partial charge in [0.25, 0.3) is 0 Å². The van der Waals surface area contributed by atoms with Crippen molar-refractivity contribution in [2.75, 3.05) is 0 Å². The lowest BCUT2D eigenvalue weighted by atomic mass is 9.76. The summed E-state index contributed by atoms with van der Waals surface area (Å²) < 4.78 is 14.6. The Bertz CT molecular complexity index is 705. The van der Waals surface area contributed by atoms with Gasteiger partial charge in [0.05, 0.1) is 0 Å². The van der Waals surface area contributed by atoms with Gasteiger partial charge in [-0.1, -0.05) is 56.3 Å². The number of hydrogen-bond donors (Lipinski definition) is 0. The first-order valence-corrected chi connectivity index (χ1v) is 6.06. The summed E-state index contributed by atoms with van der Waals surface area (Å²) in [6.45, 7) is 3.87. The predicted octanol–water partition coefficient (Wildman–Crippen LogP) is 3.64. The fraction of sp³-hybridized carbons (Fsp3) is 0.176. The van der Waals surface area contributed by atoms with Gasteiger partial charge in [0.1, 0.15) is 15.3 Å². The van der Waals surface area contributed by atoms with Crippen molar-refractivity contribution in [2.45, 2.75) is 19.3 Å². The molecule has 0 atom stereocenters. The Hall–Kier alpha value is -2.22. The van der Waals surface area contributed by atoms with Crippen molar-refractivity contribution in [3.8, 4) is 0 Å². The lowest BCUT2D eigenvalue weighted by molar-refractivity contribution is 0.111. The molecule has 0 spiro atoms. The predicted molar refractivity (Wildman–Crippen MR) is 75.8 cm³/mol. The summed E-state index contributed by atoms with van der Waals surface area (Å²) in [4.78, 5) is 22.7. The van der Waals surface area contributed by atoms with Crippen LogP contribution >= 0.6 is 0 Å². The lowest BCUT2D eigenvalue weighted by Gasteiger charge is -2.27. The molecule has 0 unspecified atom stereocenters. The molecular formula is C17H16O2. The van der Waals surface area contributed by atoms with Crippen LogP contribution in [0.1, 0.15) is 48.4 Å². The molecule has 0 saturated heterocycles. The van der Waals surface area contributed by atoms with Gasteiger partial charge in [-0.2, -0.15) is 0 Å². The molecule has 0 N–H and O–H groups in total. The second kappa shape index (κ2) is 5.19. The summed E-state index contributed by atoms with van der Waals surface area (Å²) in [5, 5.41) is 0. The van der Waals surface area contributed by atoms with Crippen molar-refractivity contribution >= 4 is 12.5 Å². The standard InChI is InChI=1S/C17H16O2/c1-17(2,15-8-5-6-13(10-15)11-18)16-9-4-3-7-14(16)12-19/h3-12H,1-2H3/i11T,12T. The van der Waals surface area contributed by atoms with Crippen LogP contribution in [0.4, 0.5) is 0 Å². The zero-order chi connectivity index (χ0) is 15.6. The van der Waals surface area contributed by atoms with E-state index in [9.17, 15) is 9.59 Å². The minimum absolute atomic E-state index is 0.315. The van der Waals surface area contributed by atoms with Crippen molar-refractivity contribution in [2.24, 2.45) is 0 Å². The molecule has 0 aliphatic carbocycles. The van der Waals surface area contributed by atoms with E-state index >= 15 is 0 Å². The van der Waals surface area contributed by atoms with E-state index in [0.29, 0.717) is 11.1 Å². The van der Waals surface area contributed by atoms with E-state index in [1.165, 1.54) is 0 Å². The number of carbonyl (C=O) groups is 2. The average molecular weight is 256 g/mol. The molecule has 0 aliphatic rings. The van der Waals surface area contributed by atoms with Crippen LogP contribution in [-0.4, -0.2) is 12.5 Å². The van der Waals surface area contributed by atoms with Crippen LogP contribution in [0.5, 0.6) is 0 Å². The molecule has 0 heterocycles. The molecule has 2 rings (SSSR count). The van der Waals surface area contributed by atoms with Crippen LogP contribution in [0.25, 0.3) is 0 Å². The average Bonchev–Trinajstić information content (AvgIpc) is 2.47. The Kier molecular flexibility index (Phi) is 2.92. The maximum atomic E-state index is 11.5. The smallest absolute Gasteiger partial charge is 0.150 e. The van der Waals surface area contributed by atoms with Gasteiger partial charge in [-0.15, -0.1) is 0 Å². The number of hydrogen-bond acceptors (Lipinski definition) is 2. The Morgan fingerprint density at radius 2 is 1.74 bits per heavy atom. The first-order valence-electron chi connectivity index (χ1n) is 7.06. The van der Waals surface area contributed by atoms with Gasteiger partial charge in [0.15, 0.2) is 0 Å². The quantitative estimate of drug-likeness (QED) is 0.783. The molecular weight excluding hydrogens is 236 g/mol. The molecule has 96 valence electrons. The van der Waals surface area contributed by atoms with Crippen molar-refractivity contribution < 1.29 is 12.3 Å². The van der Waals surface area contributed by atoms with E-state index < -0.39 is 17.9 Å². The summed E-state index contributed by atoms with van der Waals surface area (Å²) in [6.07, 6.45) is -1.47. The second-order valence-electron chi connectivity index (χ2n) is 4.96. The highest BCUT2D eigenvalue weighted by atomic mass is 16.1. The summed E-state index contributed by atoms with van der Waals surface area (Å²) in [6, 6.07) is 13.8. The molecule has 2 aromatic rings. The molecule has 0 aliphatic heterocycles. The molecule has 0 fully saturated rings. The van der Waals surface area contributed by atoms with Crippen LogP contribution in [-0.2, 0) is 5.41 Å². The Labute approximate surface area is 115 Å². The van der Waals surface area contributed by atoms with Crippen molar-refractivity contribution in [1.82, 2.24) is 0 Å². The summed E-state index contributed by atoms with van der Waals surface area (Å²) in [7, 11) is 0. The minimum Gasteiger partial charge on any atom is -0.298 e. The monoisotopic (exact) mass is 256 g/mol. The van der Waals surface area contributed by atoms with Gasteiger partial charge < -0.3 is 0 Å². The SMILES string of the molecule is [3H]C(=O)c1cccc(C(C)(C)c2ccccc2C([3H])=O)c1. The van der Waals surface area contributed by atoms with Crippen LogP contribution in [0.3, 0.4) is 0 Å². The molecule has 19 heavy (non-hydrogen) atoms. The second-order valence-corrected chi connectivity index (χ2v) is 4.96. The van der Waals surface area contributed by atoms with E-state index in [2.05, 4.69) is 0 Å². The molecule has 2 nitrogen and oxygen atoms in total. The zero-order valence-electron chi connectivity index (χ0n) is 12.9. The molecule has 0 amide bonds. The third kappa shape index (κ3) is 2.48. The first kappa shape index (κ1) is 10.7. The molecule has 2 heteroatoms. The third-order valence-corrected chi connectivity index (χ3v) is 3.41. The van der Waals surface area contributed by atoms with Crippen LogP contribution in [0, 0.1) is 0 Å². The lowest BCUT2D eigenvalue weighted by Crippen LogP contribution is -2.21. The van der Waals surface area contributed by atoms with Gasteiger partial charge in [-0.25, -0.2) is 0 Å². The van der Waals surface area contributed by atoms with Crippen LogP contribution in [0.2, 0.25) is 0 Å². The highest BCUT2D eigenvalue weighted by Gasteiger charge is 2.25. The van der Waals surface area contributed by atoms with Gasteiger partial charge in [0.2, 0.25) is 0 Å². The highest BCUT2D eigenvalue weighted by molar-refractivity contribution is 5.79. The van der Waals surface area contributed by atoms with Crippen molar-refractivity contribution in [1.29, 1.82) is 0 Å². The van der Waals surface area contributed by atoms with Crippen molar-refractivity contribution in [3.05, 3.63) is 70.8 Å². The zero-order valence-corrected chi connectivity index (χ0v) is 10.9. The fourth-order valence-electron chi connectivity index (χ4n) is 2.24. The topological polar surface area (TPSA) is 34.1 Å². The molecule has 0 radical (unpaired) electrons. The normalized spacial score (nSPS) is 12.5. The van der Waals surface area contributed by atoms with Gasteiger partial charge in [-0.05, 0) is 17.2 Å². The van der Waals surface area contributed by atoms with E-state index in [0.717, 1.165) is 11.1 Å². The van der Waals surface area contributed by atoms with E-state index in [1.54, 1.807) is 30.3 Å². The summed E-state index contributed by atoms with van der Waals surface area (Å²) in [5.41, 5.74) is 1.69. The third-order valence-electron chi connectivity index (χ3n) is 3.41.